The minimum Gasteiger partial charge on any atom is -0.488 e. The first-order valence-corrected chi connectivity index (χ1v) is 10.00. The number of thiazole rings is 1. The molecule has 0 saturated carbocycles. The van der Waals surface area contributed by atoms with Crippen LogP contribution in [0.1, 0.15) is 21.7 Å². The SMILES string of the molecule is CNc1nc(C)c(C#Cc2ccncc2)s1.O=CNCC1Cc2ccccc2O1. The molecular formula is C22H22N4O2S. The highest BCUT2D eigenvalue weighted by Crippen LogP contribution is 2.27. The van der Waals surface area contributed by atoms with Gasteiger partial charge in [0, 0.05) is 31.4 Å². The van der Waals surface area contributed by atoms with Crippen molar-refractivity contribution in [3.63, 3.8) is 0 Å². The number of nitrogens with one attached hydrogen (secondary N) is 2. The van der Waals surface area contributed by atoms with Crippen molar-refractivity contribution >= 4 is 22.9 Å². The molecule has 2 aromatic heterocycles. The molecule has 0 bridgehead atoms. The third-order valence-corrected chi connectivity index (χ3v) is 5.24. The molecule has 29 heavy (non-hydrogen) atoms. The molecule has 2 N–H and O–H groups in total. The quantitative estimate of drug-likeness (QED) is 0.515. The largest absolute Gasteiger partial charge is 0.488 e. The molecule has 3 heterocycles. The van der Waals surface area contributed by atoms with E-state index in [0.717, 1.165) is 33.4 Å². The Balaban J connectivity index is 0.000000169. The number of carbonyl (C=O) groups excluding carboxylic acids is 1. The summed E-state index contributed by atoms with van der Waals surface area (Å²) in [7, 11) is 1.86. The second-order valence-electron chi connectivity index (χ2n) is 6.25. The Bertz CT molecular complexity index is 983. The van der Waals surface area contributed by atoms with Crippen LogP contribution < -0.4 is 15.4 Å². The lowest BCUT2D eigenvalue weighted by Gasteiger charge is -2.08. The lowest BCUT2D eigenvalue weighted by Crippen LogP contribution is -2.28. The molecule has 1 aromatic carbocycles. The van der Waals surface area contributed by atoms with Gasteiger partial charge in [-0.3, -0.25) is 9.78 Å². The lowest BCUT2D eigenvalue weighted by atomic mass is 10.1. The van der Waals surface area contributed by atoms with Crippen molar-refractivity contribution in [2.24, 2.45) is 0 Å². The highest BCUT2D eigenvalue weighted by molar-refractivity contribution is 7.16. The Morgan fingerprint density at radius 2 is 2.03 bits per heavy atom. The van der Waals surface area contributed by atoms with Crippen molar-refractivity contribution in [1.82, 2.24) is 15.3 Å². The number of amides is 1. The number of hydrogen-bond donors (Lipinski definition) is 2. The first kappa shape index (κ1) is 20.4. The van der Waals surface area contributed by atoms with Crippen LogP contribution in [-0.4, -0.2) is 36.1 Å². The summed E-state index contributed by atoms with van der Waals surface area (Å²) < 4.78 is 5.59. The van der Waals surface area contributed by atoms with E-state index in [2.05, 4.69) is 38.5 Å². The zero-order valence-electron chi connectivity index (χ0n) is 16.3. The third kappa shape index (κ3) is 5.80. The summed E-state index contributed by atoms with van der Waals surface area (Å²) in [5, 5.41) is 6.54. The molecule has 4 rings (SSSR count). The molecule has 1 atom stereocenters. The topological polar surface area (TPSA) is 76.1 Å². The highest BCUT2D eigenvalue weighted by Gasteiger charge is 2.21. The van der Waals surface area contributed by atoms with Crippen LogP contribution in [-0.2, 0) is 11.2 Å². The lowest BCUT2D eigenvalue weighted by molar-refractivity contribution is -0.109. The number of fused-ring (bicyclic) bond motifs is 1. The van der Waals surface area contributed by atoms with Crippen molar-refractivity contribution in [2.75, 3.05) is 18.9 Å². The predicted octanol–water partition coefficient (Wildman–Crippen LogP) is 3.02. The minimum atomic E-state index is 0.0996. The molecule has 1 amide bonds. The summed E-state index contributed by atoms with van der Waals surface area (Å²) >= 11 is 1.57. The molecule has 0 spiro atoms. The average Bonchev–Trinajstić information content (AvgIpc) is 3.34. The normalized spacial score (nSPS) is 13.7. The molecule has 0 fully saturated rings. The number of carbonyl (C=O) groups is 1. The number of benzene rings is 1. The Morgan fingerprint density at radius 3 is 2.72 bits per heavy atom. The summed E-state index contributed by atoms with van der Waals surface area (Å²) in [4.78, 5) is 19.4. The molecule has 7 heteroatoms. The van der Waals surface area contributed by atoms with E-state index in [1.54, 1.807) is 23.7 Å². The number of hydrogen-bond acceptors (Lipinski definition) is 6. The van der Waals surface area contributed by atoms with Crippen molar-refractivity contribution in [3.05, 3.63) is 70.5 Å². The highest BCUT2D eigenvalue weighted by atomic mass is 32.1. The van der Waals surface area contributed by atoms with E-state index in [-0.39, 0.29) is 6.10 Å². The van der Waals surface area contributed by atoms with E-state index >= 15 is 0 Å². The van der Waals surface area contributed by atoms with E-state index in [4.69, 9.17) is 4.74 Å². The Labute approximate surface area is 174 Å². The first-order chi connectivity index (χ1) is 14.2. The fourth-order valence-electron chi connectivity index (χ4n) is 2.73. The van der Waals surface area contributed by atoms with E-state index in [1.807, 2.05) is 44.3 Å². The standard InChI is InChI=1S/C12H11N3S.C10H11NO2/c1-9-11(16-12(13-2)15-9)4-3-10-5-7-14-8-6-10;12-7-11-6-9-5-8-3-1-2-4-10(8)13-9/h5-8H,1-2H3,(H,13,15);1-4,7,9H,5-6H2,(H,11,12). The van der Waals surface area contributed by atoms with E-state index in [0.29, 0.717) is 13.0 Å². The number of aromatic nitrogens is 2. The van der Waals surface area contributed by atoms with E-state index in [1.165, 1.54) is 5.56 Å². The number of nitrogens with zero attached hydrogens (tertiary/aromatic N) is 2. The van der Waals surface area contributed by atoms with Gasteiger partial charge in [0.25, 0.3) is 0 Å². The molecule has 3 aromatic rings. The number of pyridine rings is 1. The van der Waals surface area contributed by atoms with E-state index < -0.39 is 0 Å². The second kappa shape index (κ2) is 10.2. The number of ether oxygens (including phenoxy) is 1. The summed E-state index contributed by atoms with van der Waals surface area (Å²) in [6, 6.07) is 11.7. The van der Waals surface area contributed by atoms with Gasteiger partial charge in [0.1, 0.15) is 16.7 Å². The van der Waals surface area contributed by atoms with Crippen LogP contribution in [0.4, 0.5) is 5.13 Å². The molecule has 0 aliphatic carbocycles. The zero-order valence-corrected chi connectivity index (χ0v) is 17.1. The molecule has 1 aliphatic heterocycles. The van der Waals surface area contributed by atoms with Gasteiger partial charge >= 0.3 is 0 Å². The summed E-state index contributed by atoms with van der Waals surface area (Å²) in [6.45, 7) is 2.55. The van der Waals surface area contributed by atoms with Crippen LogP contribution in [0.25, 0.3) is 0 Å². The number of rotatable bonds is 4. The maximum Gasteiger partial charge on any atom is 0.207 e. The molecule has 0 saturated heterocycles. The number of anilines is 1. The van der Waals surface area contributed by atoms with Crippen molar-refractivity contribution in [1.29, 1.82) is 0 Å². The molecule has 148 valence electrons. The number of aryl methyl sites for hydroxylation is 1. The van der Waals surface area contributed by atoms with Gasteiger partial charge < -0.3 is 15.4 Å². The zero-order chi connectivity index (χ0) is 20.5. The second-order valence-corrected chi connectivity index (χ2v) is 7.25. The fraction of sp³-hybridized carbons (Fsp3) is 0.227. The van der Waals surface area contributed by atoms with Crippen molar-refractivity contribution in [2.45, 2.75) is 19.4 Å². The van der Waals surface area contributed by atoms with Gasteiger partial charge in [0.05, 0.1) is 12.2 Å². The van der Waals surface area contributed by atoms with Gasteiger partial charge in [-0.15, -0.1) is 0 Å². The summed E-state index contributed by atoms with van der Waals surface area (Å²) in [6.07, 6.45) is 5.16. The monoisotopic (exact) mass is 406 g/mol. The molecule has 1 unspecified atom stereocenters. The summed E-state index contributed by atoms with van der Waals surface area (Å²) in [5.41, 5.74) is 3.16. The van der Waals surface area contributed by atoms with Gasteiger partial charge in [-0.05, 0) is 36.6 Å². The predicted molar refractivity (Wildman–Crippen MR) is 115 cm³/mol. The minimum absolute atomic E-state index is 0.0996. The molecule has 0 radical (unpaired) electrons. The summed E-state index contributed by atoms with van der Waals surface area (Å²) in [5.74, 6) is 7.16. The van der Waals surface area contributed by atoms with Gasteiger partial charge in [-0.25, -0.2) is 4.98 Å². The van der Waals surface area contributed by atoms with Crippen LogP contribution in [0.2, 0.25) is 0 Å². The van der Waals surface area contributed by atoms with Crippen LogP contribution in [0.15, 0.2) is 48.8 Å². The van der Waals surface area contributed by atoms with Crippen molar-refractivity contribution < 1.29 is 9.53 Å². The molecule has 1 aliphatic rings. The van der Waals surface area contributed by atoms with Gasteiger partial charge in [0.2, 0.25) is 6.41 Å². The van der Waals surface area contributed by atoms with E-state index in [9.17, 15) is 4.79 Å². The smallest absolute Gasteiger partial charge is 0.207 e. The van der Waals surface area contributed by atoms with Crippen LogP contribution in [0, 0.1) is 18.8 Å². The van der Waals surface area contributed by atoms with Gasteiger partial charge in [-0.2, -0.15) is 0 Å². The maximum absolute atomic E-state index is 10.1. The van der Waals surface area contributed by atoms with Crippen LogP contribution in [0.3, 0.4) is 0 Å². The average molecular weight is 407 g/mol. The fourth-order valence-corrected chi connectivity index (χ4v) is 3.50. The van der Waals surface area contributed by atoms with Gasteiger partial charge in [0.15, 0.2) is 5.13 Å². The molecular weight excluding hydrogens is 384 g/mol. The maximum atomic E-state index is 10.1. The van der Waals surface area contributed by atoms with Crippen molar-refractivity contribution in [3.8, 4) is 17.6 Å². The van der Waals surface area contributed by atoms with Gasteiger partial charge in [-0.1, -0.05) is 35.5 Å². The van der Waals surface area contributed by atoms with Crippen LogP contribution >= 0.6 is 11.3 Å². The Kier molecular flexibility index (Phi) is 7.20. The van der Waals surface area contributed by atoms with Crippen LogP contribution in [0.5, 0.6) is 5.75 Å². The first-order valence-electron chi connectivity index (χ1n) is 9.18. The third-order valence-electron chi connectivity index (χ3n) is 4.15. The number of para-hydroxylation sites is 1. The Morgan fingerprint density at radius 1 is 1.24 bits per heavy atom. The Hall–Kier alpha value is -3.37. The molecule has 6 nitrogen and oxygen atoms in total.